The van der Waals surface area contributed by atoms with E-state index >= 15 is 0 Å². The second kappa shape index (κ2) is 7.84. The molecule has 0 spiro atoms. The fraction of sp³-hybridized carbons (Fsp3) is 1.00. The first-order chi connectivity index (χ1) is 6.11. The average Bonchev–Trinajstić information content (AvgIpc) is 2.10. The van der Waals surface area contributed by atoms with Crippen LogP contribution in [0, 0.1) is 17.8 Å². The first-order valence-corrected chi connectivity index (χ1v) is 6.79. The molecule has 2 atom stereocenters. The summed E-state index contributed by atoms with van der Waals surface area (Å²) >= 11 is 3.60. The van der Waals surface area contributed by atoms with Crippen molar-refractivity contribution in [1.29, 1.82) is 0 Å². The topological polar surface area (TPSA) is 0 Å². The summed E-state index contributed by atoms with van der Waals surface area (Å²) in [5.41, 5.74) is 0. The van der Waals surface area contributed by atoms with Gasteiger partial charge in [-0.3, -0.25) is 0 Å². The quantitative estimate of drug-likeness (QED) is 0.565. The molecule has 0 fully saturated rings. The van der Waals surface area contributed by atoms with Crippen molar-refractivity contribution in [2.45, 2.75) is 53.4 Å². The second-order valence-electron chi connectivity index (χ2n) is 4.66. The van der Waals surface area contributed by atoms with Crippen LogP contribution in [0.15, 0.2) is 0 Å². The van der Waals surface area contributed by atoms with E-state index in [1.807, 2.05) is 0 Å². The number of alkyl halides is 1. The number of unbranched alkanes of at least 4 members (excludes halogenated alkanes) is 1. The summed E-state index contributed by atoms with van der Waals surface area (Å²) < 4.78 is 0. The Morgan fingerprint density at radius 1 is 1.15 bits per heavy atom. The molecule has 0 saturated carbocycles. The lowest BCUT2D eigenvalue weighted by Crippen LogP contribution is -2.15. The number of rotatable bonds is 7. The SMILES string of the molecule is CCCCC(CC(C)C)C(C)CBr. The van der Waals surface area contributed by atoms with Gasteiger partial charge in [-0.2, -0.15) is 0 Å². The lowest BCUT2D eigenvalue weighted by molar-refractivity contribution is 0.297. The van der Waals surface area contributed by atoms with E-state index in [0.717, 1.165) is 23.1 Å². The van der Waals surface area contributed by atoms with Crippen molar-refractivity contribution in [2.24, 2.45) is 17.8 Å². The highest BCUT2D eigenvalue weighted by Crippen LogP contribution is 2.26. The molecule has 0 N–H and O–H groups in total. The smallest absolute Gasteiger partial charge is 0.00596 e. The van der Waals surface area contributed by atoms with Crippen LogP contribution in [-0.2, 0) is 0 Å². The molecule has 13 heavy (non-hydrogen) atoms. The lowest BCUT2D eigenvalue weighted by atomic mass is 9.84. The van der Waals surface area contributed by atoms with Gasteiger partial charge in [-0.05, 0) is 24.2 Å². The lowest BCUT2D eigenvalue weighted by Gasteiger charge is -2.24. The highest BCUT2D eigenvalue weighted by Gasteiger charge is 2.16. The summed E-state index contributed by atoms with van der Waals surface area (Å²) in [4.78, 5) is 0. The highest BCUT2D eigenvalue weighted by molar-refractivity contribution is 9.09. The van der Waals surface area contributed by atoms with Gasteiger partial charge in [0.25, 0.3) is 0 Å². The molecule has 0 aromatic carbocycles. The van der Waals surface area contributed by atoms with E-state index in [1.165, 1.54) is 25.7 Å². The van der Waals surface area contributed by atoms with Crippen molar-refractivity contribution in [3.05, 3.63) is 0 Å². The van der Waals surface area contributed by atoms with Crippen LogP contribution in [0.25, 0.3) is 0 Å². The van der Waals surface area contributed by atoms with Crippen molar-refractivity contribution >= 4 is 15.9 Å². The predicted octanol–water partition coefficient (Wildman–Crippen LogP) is 4.87. The molecule has 80 valence electrons. The predicted molar refractivity (Wildman–Crippen MR) is 65.4 cm³/mol. The largest absolute Gasteiger partial charge is 0.0925 e. The third-order valence-electron chi connectivity index (χ3n) is 2.75. The summed E-state index contributed by atoms with van der Waals surface area (Å²) in [5.74, 6) is 2.62. The van der Waals surface area contributed by atoms with Gasteiger partial charge in [0.1, 0.15) is 0 Å². The molecule has 0 rings (SSSR count). The van der Waals surface area contributed by atoms with Gasteiger partial charge in [0, 0.05) is 5.33 Å². The Morgan fingerprint density at radius 3 is 2.15 bits per heavy atom. The summed E-state index contributed by atoms with van der Waals surface area (Å²) in [5, 5.41) is 1.16. The Kier molecular flexibility index (Phi) is 8.13. The van der Waals surface area contributed by atoms with Crippen molar-refractivity contribution < 1.29 is 0 Å². The molecule has 0 aliphatic heterocycles. The monoisotopic (exact) mass is 248 g/mol. The zero-order chi connectivity index (χ0) is 10.3. The fourth-order valence-electron chi connectivity index (χ4n) is 1.83. The van der Waals surface area contributed by atoms with Gasteiger partial charge >= 0.3 is 0 Å². The number of hydrogen-bond donors (Lipinski definition) is 0. The summed E-state index contributed by atoms with van der Waals surface area (Å²) in [7, 11) is 0. The first-order valence-electron chi connectivity index (χ1n) is 5.67. The molecule has 0 heterocycles. The molecule has 0 aliphatic carbocycles. The molecule has 0 nitrogen and oxygen atoms in total. The Bertz CT molecular complexity index is 110. The first kappa shape index (κ1) is 13.5. The van der Waals surface area contributed by atoms with Crippen molar-refractivity contribution in [3.8, 4) is 0 Å². The normalized spacial score (nSPS) is 16.2. The Labute approximate surface area is 92.6 Å². The van der Waals surface area contributed by atoms with E-state index in [9.17, 15) is 0 Å². The van der Waals surface area contributed by atoms with Crippen LogP contribution >= 0.6 is 15.9 Å². The van der Waals surface area contributed by atoms with Gasteiger partial charge in [0.15, 0.2) is 0 Å². The molecule has 0 aromatic rings. The molecule has 2 unspecified atom stereocenters. The summed E-state index contributed by atoms with van der Waals surface area (Å²) in [6.45, 7) is 9.32. The maximum Gasteiger partial charge on any atom is 0.00596 e. The van der Waals surface area contributed by atoms with Crippen molar-refractivity contribution in [1.82, 2.24) is 0 Å². The molecular weight excluding hydrogens is 224 g/mol. The Balaban J connectivity index is 3.87. The van der Waals surface area contributed by atoms with E-state index < -0.39 is 0 Å². The van der Waals surface area contributed by atoms with Gasteiger partial charge in [-0.25, -0.2) is 0 Å². The van der Waals surface area contributed by atoms with Gasteiger partial charge in [-0.15, -0.1) is 0 Å². The zero-order valence-electron chi connectivity index (χ0n) is 9.65. The molecule has 0 saturated heterocycles. The van der Waals surface area contributed by atoms with Crippen LogP contribution < -0.4 is 0 Å². The van der Waals surface area contributed by atoms with Gasteiger partial charge < -0.3 is 0 Å². The minimum Gasteiger partial charge on any atom is -0.0925 e. The number of halogens is 1. The van der Waals surface area contributed by atoms with Crippen LogP contribution in [0.4, 0.5) is 0 Å². The van der Waals surface area contributed by atoms with Crippen LogP contribution in [0.5, 0.6) is 0 Å². The van der Waals surface area contributed by atoms with Gasteiger partial charge in [0.05, 0.1) is 0 Å². The minimum absolute atomic E-state index is 0.842. The molecule has 0 aliphatic rings. The zero-order valence-corrected chi connectivity index (χ0v) is 11.2. The third-order valence-corrected chi connectivity index (χ3v) is 3.77. The Hall–Kier alpha value is 0.480. The van der Waals surface area contributed by atoms with Crippen LogP contribution in [-0.4, -0.2) is 5.33 Å². The standard InChI is InChI=1S/C12H25Br/c1-5-6-7-12(8-10(2)3)11(4)9-13/h10-12H,5-9H2,1-4H3. The fourth-order valence-corrected chi connectivity index (χ4v) is 2.36. The maximum absolute atomic E-state index is 3.60. The van der Waals surface area contributed by atoms with E-state index in [1.54, 1.807) is 0 Å². The Morgan fingerprint density at radius 2 is 1.77 bits per heavy atom. The molecule has 1 heteroatoms. The van der Waals surface area contributed by atoms with Crippen LogP contribution in [0.1, 0.15) is 53.4 Å². The summed E-state index contributed by atoms with van der Waals surface area (Å²) in [6.07, 6.45) is 5.55. The molecular formula is C12H25Br. The van der Waals surface area contributed by atoms with E-state index in [2.05, 4.69) is 43.6 Å². The number of hydrogen-bond acceptors (Lipinski definition) is 0. The highest BCUT2D eigenvalue weighted by atomic mass is 79.9. The van der Waals surface area contributed by atoms with Crippen LogP contribution in [0.2, 0.25) is 0 Å². The van der Waals surface area contributed by atoms with E-state index in [4.69, 9.17) is 0 Å². The van der Waals surface area contributed by atoms with E-state index in [0.29, 0.717) is 0 Å². The third kappa shape index (κ3) is 6.54. The van der Waals surface area contributed by atoms with Gasteiger partial charge in [-0.1, -0.05) is 62.9 Å². The van der Waals surface area contributed by atoms with E-state index in [-0.39, 0.29) is 0 Å². The second-order valence-corrected chi connectivity index (χ2v) is 5.31. The summed E-state index contributed by atoms with van der Waals surface area (Å²) in [6, 6.07) is 0. The molecule has 0 aromatic heterocycles. The molecule has 0 bridgehead atoms. The van der Waals surface area contributed by atoms with Crippen molar-refractivity contribution in [3.63, 3.8) is 0 Å². The van der Waals surface area contributed by atoms with Crippen LogP contribution in [0.3, 0.4) is 0 Å². The minimum atomic E-state index is 0.842. The average molecular weight is 249 g/mol. The van der Waals surface area contributed by atoms with Crippen molar-refractivity contribution in [2.75, 3.05) is 5.33 Å². The molecule has 0 amide bonds. The molecule has 0 radical (unpaired) electrons. The van der Waals surface area contributed by atoms with Gasteiger partial charge in [0.2, 0.25) is 0 Å². The maximum atomic E-state index is 3.60.